The number of carbonyl (C=O) groups is 2. The van der Waals surface area contributed by atoms with Gasteiger partial charge in [-0.2, -0.15) is 0 Å². The number of amides is 3. The minimum atomic E-state index is -0.446. The highest BCUT2D eigenvalue weighted by Crippen LogP contribution is 2.07. The summed E-state index contributed by atoms with van der Waals surface area (Å²) in [5.74, 6) is 0.0924. The van der Waals surface area contributed by atoms with E-state index in [1.54, 1.807) is 27.9 Å². The highest BCUT2D eigenvalue weighted by Gasteiger charge is 2.24. The molecule has 0 aliphatic heterocycles. The van der Waals surface area contributed by atoms with Crippen molar-refractivity contribution < 1.29 is 14.1 Å². The van der Waals surface area contributed by atoms with E-state index in [1.165, 1.54) is 11.0 Å². The number of aromatic nitrogens is 1. The molecule has 0 atom stereocenters. The molecule has 0 unspecified atom stereocenters. The molecule has 0 aromatic carbocycles. The van der Waals surface area contributed by atoms with Gasteiger partial charge in [-0.05, 0) is 13.8 Å². The molecule has 0 aliphatic carbocycles. The van der Waals surface area contributed by atoms with Crippen LogP contribution in [0, 0.1) is 6.92 Å². The standard InChI is InChI=1S/C10H15N3O3/c1-5-13(10(15)12(3)4)9(14)8-6-7(2)16-11-8/h6H,5H2,1-4H3. The average Bonchev–Trinajstić information content (AvgIpc) is 2.65. The Bertz CT molecular complexity index is 398. The predicted molar refractivity (Wildman–Crippen MR) is 57.0 cm³/mol. The molecular formula is C10H15N3O3. The van der Waals surface area contributed by atoms with Crippen molar-refractivity contribution in [1.29, 1.82) is 0 Å². The van der Waals surface area contributed by atoms with E-state index in [0.29, 0.717) is 12.3 Å². The predicted octanol–water partition coefficient (Wildman–Crippen LogP) is 1.13. The molecule has 0 spiro atoms. The van der Waals surface area contributed by atoms with E-state index in [2.05, 4.69) is 5.16 Å². The van der Waals surface area contributed by atoms with Crippen LogP contribution < -0.4 is 0 Å². The van der Waals surface area contributed by atoms with Gasteiger partial charge in [0.25, 0.3) is 5.91 Å². The molecule has 0 bridgehead atoms. The van der Waals surface area contributed by atoms with Crippen LogP contribution in [0.4, 0.5) is 4.79 Å². The lowest BCUT2D eigenvalue weighted by atomic mass is 10.3. The van der Waals surface area contributed by atoms with Crippen molar-refractivity contribution in [3.05, 3.63) is 17.5 Å². The largest absolute Gasteiger partial charge is 0.361 e. The first-order chi connectivity index (χ1) is 7.47. The minimum Gasteiger partial charge on any atom is -0.361 e. The van der Waals surface area contributed by atoms with E-state index in [4.69, 9.17) is 4.52 Å². The van der Waals surface area contributed by atoms with Gasteiger partial charge in [-0.15, -0.1) is 0 Å². The number of carbonyl (C=O) groups excluding carboxylic acids is 2. The number of aryl methyl sites for hydroxylation is 1. The summed E-state index contributed by atoms with van der Waals surface area (Å²) in [6.07, 6.45) is 0. The average molecular weight is 225 g/mol. The van der Waals surface area contributed by atoms with Gasteiger partial charge in [-0.3, -0.25) is 9.69 Å². The topological polar surface area (TPSA) is 66.7 Å². The second kappa shape index (κ2) is 4.78. The Morgan fingerprint density at radius 2 is 2.06 bits per heavy atom. The molecule has 1 heterocycles. The summed E-state index contributed by atoms with van der Waals surface area (Å²) in [6.45, 7) is 3.71. The Morgan fingerprint density at radius 3 is 2.44 bits per heavy atom. The summed E-state index contributed by atoms with van der Waals surface area (Å²) in [5, 5.41) is 3.59. The quantitative estimate of drug-likeness (QED) is 0.756. The van der Waals surface area contributed by atoms with Gasteiger partial charge in [0, 0.05) is 26.7 Å². The number of imide groups is 1. The molecule has 88 valence electrons. The van der Waals surface area contributed by atoms with E-state index < -0.39 is 5.91 Å². The van der Waals surface area contributed by atoms with Crippen LogP contribution in [0.1, 0.15) is 23.2 Å². The Labute approximate surface area is 93.8 Å². The zero-order chi connectivity index (χ0) is 12.3. The number of nitrogens with zero attached hydrogens (tertiary/aromatic N) is 3. The van der Waals surface area contributed by atoms with E-state index in [-0.39, 0.29) is 11.7 Å². The summed E-state index contributed by atoms with van der Waals surface area (Å²) in [7, 11) is 3.18. The van der Waals surface area contributed by atoms with Crippen LogP contribution in [0.3, 0.4) is 0 Å². The van der Waals surface area contributed by atoms with Gasteiger partial charge < -0.3 is 9.42 Å². The lowest BCUT2D eigenvalue weighted by Crippen LogP contribution is -2.43. The molecule has 16 heavy (non-hydrogen) atoms. The minimum absolute atomic E-state index is 0.148. The zero-order valence-electron chi connectivity index (χ0n) is 9.85. The van der Waals surface area contributed by atoms with Gasteiger partial charge in [0.1, 0.15) is 5.76 Å². The first-order valence-electron chi connectivity index (χ1n) is 4.93. The molecule has 1 aromatic heterocycles. The molecule has 6 heteroatoms. The number of hydrogen-bond donors (Lipinski definition) is 0. The van der Waals surface area contributed by atoms with Gasteiger partial charge in [0.2, 0.25) is 0 Å². The van der Waals surface area contributed by atoms with Gasteiger partial charge in [0.15, 0.2) is 5.69 Å². The summed E-state index contributed by atoms with van der Waals surface area (Å²) in [4.78, 5) is 26.0. The fraction of sp³-hybridized carbons (Fsp3) is 0.500. The maximum Gasteiger partial charge on any atom is 0.326 e. The normalized spacial score (nSPS) is 10.0. The van der Waals surface area contributed by atoms with Crippen molar-refractivity contribution in [2.24, 2.45) is 0 Å². The SMILES string of the molecule is CCN(C(=O)c1cc(C)on1)C(=O)N(C)C. The highest BCUT2D eigenvalue weighted by molar-refractivity contribution is 6.02. The van der Waals surface area contributed by atoms with E-state index >= 15 is 0 Å². The molecule has 0 aliphatic rings. The first-order valence-corrected chi connectivity index (χ1v) is 4.93. The first kappa shape index (κ1) is 12.2. The Morgan fingerprint density at radius 1 is 1.44 bits per heavy atom. The fourth-order valence-electron chi connectivity index (χ4n) is 1.21. The summed E-state index contributed by atoms with van der Waals surface area (Å²) >= 11 is 0. The molecule has 0 fully saturated rings. The fourth-order valence-corrected chi connectivity index (χ4v) is 1.21. The third kappa shape index (κ3) is 2.39. The number of hydrogen-bond acceptors (Lipinski definition) is 4. The second-order valence-corrected chi connectivity index (χ2v) is 3.55. The third-order valence-corrected chi connectivity index (χ3v) is 2.02. The van der Waals surface area contributed by atoms with Crippen molar-refractivity contribution in [1.82, 2.24) is 15.0 Å². The lowest BCUT2D eigenvalue weighted by molar-refractivity contribution is 0.0773. The van der Waals surface area contributed by atoms with Crippen LogP contribution in [-0.2, 0) is 0 Å². The van der Waals surface area contributed by atoms with Crippen LogP contribution in [0.15, 0.2) is 10.6 Å². The lowest BCUT2D eigenvalue weighted by Gasteiger charge is -2.21. The van der Waals surface area contributed by atoms with Crippen molar-refractivity contribution in [2.75, 3.05) is 20.6 Å². The molecule has 6 nitrogen and oxygen atoms in total. The number of urea groups is 1. The molecule has 0 saturated heterocycles. The van der Waals surface area contributed by atoms with Crippen LogP contribution >= 0.6 is 0 Å². The van der Waals surface area contributed by atoms with E-state index in [9.17, 15) is 9.59 Å². The zero-order valence-corrected chi connectivity index (χ0v) is 9.85. The van der Waals surface area contributed by atoms with Crippen molar-refractivity contribution in [3.63, 3.8) is 0 Å². The molecule has 1 rings (SSSR count). The summed E-state index contributed by atoms with van der Waals surface area (Å²) in [5.41, 5.74) is 0.148. The Hall–Kier alpha value is -1.85. The Kier molecular flexibility index (Phi) is 3.65. The Balaban J connectivity index is 2.90. The maximum absolute atomic E-state index is 11.9. The third-order valence-electron chi connectivity index (χ3n) is 2.02. The monoisotopic (exact) mass is 225 g/mol. The highest BCUT2D eigenvalue weighted by atomic mass is 16.5. The van der Waals surface area contributed by atoms with E-state index in [1.807, 2.05) is 0 Å². The van der Waals surface area contributed by atoms with Crippen LogP contribution in [0.2, 0.25) is 0 Å². The molecule has 1 aromatic rings. The van der Waals surface area contributed by atoms with Crippen LogP contribution in [0.25, 0.3) is 0 Å². The smallest absolute Gasteiger partial charge is 0.326 e. The summed E-state index contributed by atoms with van der Waals surface area (Å²) in [6, 6.07) is 1.14. The molecule has 0 saturated carbocycles. The molecule has 3 amide bonds. The van der Waals surface area contributed by atoms with Gasteiger partial charge in [0.05, 0.1) is 0 Å². The van der Waals surface area contributed by atoms with Crippen LogP contribution in [-0.4, -0.2) is 47.5 Å². The van der Waals surface area contributed by atoms with E-state index in [0.717, 1.165) is 4.90 Å². The van der Waals surface area contributed by atoms with Crippen molar-refractivity contribution in [3.8, 4) is 0 Å². The van der Waals surface area contributed by atoms with Crippen LogP contribution in [0.5, 0.6) is 0 Å². The van der Waals surface area contributed by atoms with Gasteiger partial charge in [-0.25, -0.2) is 4.79 Å². The molecule has 0 radical (unpaired) electrons. The molecule has 0 N–H and O–H groups in total. The van der Waals surface area contributed by atoms with Crippen molar-refractivity contribution in [2.45, 2.75) is 13.8 Å². The summed E-state index contributed by atoms with van der Waals surface area (Å²) < 4.78 is 4.80. The van der Waals surface area contributed by atoms with Crippen molar-refractivity contribution >= 4 is 11.9 Å². The molecular weight excluding hydrogens is 210 g/mol. The van der Waals surface area contributed by atoms with Gasteiger partial charge in [-0.1, -0.05) is 5.16 Å². The maximum atomic E-state index is 11.9. The van der Waals surface area contributed by atoms with Gasteiger partial charge >= 0.3 is 6.03 Å². The number of rotatable bonds is 2. The second-order valence-electron chi connectivity index (χ2n) is 3.55.